The van der Waals surface area contributed by atoms with Gasteiger partial charge < -0.3 is 5.32 Å². The topological polar surface area (TPSA) is 46.2 Å². The maximum atomic E-state index is 11.5. The van der Waals surface area contributed by atoms with E-state index in [0.717, 1.165) is 0 Å². The molecule has 4 heteroatoms. The van der Waals surface area contributed by atoms with E-state index in [2.05, 4.69) is 5.32 Å². The normalized spacial score (nSPS) is 13.3. The minimum atomic E-state index is -2.95. The first-order valence-corrected chi connectivity index (χ1v) is 6.17. The lowest BCUT2D eigenvalue weighted by molar-refractivity contribution is 0.466. The molecule has 1 N–H and O–H groups in total. The van der Waals surface area contributed by atoms with Gasteiger partial charge in [-0.3, -0.25) is 0 Å². The van der Waals surface area contributed by atoms with Crippen molar-refractivity contribution in [2.45, 2.75) is 31.4 Å². The third-order valence-corrected chi connectivity index (χ3v) is 4.87. The Bertz CT molecular complexity index is 217. The van der Waals surface area contributed by atoms with Gasteiger partial charge in [0.05, 0.1) is 4.75 Å². The van der Waals surface area contributed by atoms with Crippen molar-refractivity contribution >= 4 is 9.84 Å². The van der Waals surface area contributed by atoms with Crippen LogP contribution in [0.5, 0.6) is 0 Å². The van der Waals surface area contributed by atoms with Crippen LogP contribution in [0.4, 0.5) is 0 Å². The number of hydrogen-bond donors (Lipinski definition) is 1. The minimum Gasteiger partial charge on any atom is -0.318 e. The van der Waals surface area contributed by atoms with Crippen molar-refractivity contribution in [1.29, 1.82) is 0 Å². The first-order valence-electron chi connectivity index (χ1n) is 4.27. The lowest BCUT2D eigenvalue weighted by Crippen LogP contribution is -2.45. The summed E-state index contributed by atoms with van der Waals surface area (Å²) in [6.45, 7) is 4.38. The van der Waals surface area contributed by atoms with Crippen molar-refractivity contribution in [3.63, 3.8) is 0 Å². The van der Waals surface area contributed by atoms with Gasteiger partial charge in [-0.25, -0.2) is 8.42 Å². The number of rotatable bonds is 5. The lowest BCUT2D eigenvalue weighted by Gasteiger charge is -2.29. The van der Waals surface area contributed by atoms with Crippen LogP contribution in [-0.4, -0.2) is 33.0 Å². The molecule has 12 heavy (non-hydrogen) atoms. The average molecular weight is 193 g/mol. The zero-order valence-electron chi connectivity index (χ0n) is 8.35. The van der Waals surface area contributed by atoms with Gasteiger partial charge >= 0.3 is 0 Å². The van der Waals surface area contributed by atoms with Crippen LogP contribution in [0.15, 0.2) is 0 Å². The molecule has 0 bridgehead atoms. The van der Waals surface area contributed by atoms with Gasteiger partial charge in [0, 0.05) is 12.8 Å². The second kappa shape index (κ2) is 4.23. The van der Waals surface area contributed by atoms with Crippen LogP contribution in [0.1, 0.15) is 26.7 Å². The molecule has 74 valence electrons. The van der Waals surface area contributed by atoms with Gasteiger partial charge in [-0.05, 0) is 19.9 Å². The molecule has 0 aliphatic rings. The third kappa shape index (κ3) is 2.20. The Hall–Kier alpha value is -0.0900. The van der Waals surface area contributed by atoms with E-state index in [1.165, 1.54) is 6.26 Å². The van der Waals surface area contributed by atoms with Crippen LogP contribution in [0.2, 0.25) is 0 Å². The first kappa shape index (κ1) is 11.9. The highest BCUT2D eigenvalue weighted by molar-refractivity contribution is 7.92. The highest BCUT2D eigenvalue weighted by Crippen LogP contribution is 2.23. The monoisotopic (exact) mass is 193 g/mol. The summed E-state index contributed by atoms with van der Waals surface area (Å²) >= 11 is 0. The summed E-state index contributed by atoms with van der Waals surface area (Å²) in [6, 6.07) is 0. The molecule has 0 fully saturated rings. The largest absolute Gasteiger partial charge is 0.318 e. The molecule has 0 saturated heterocycles. The molecule has 0 aliphatic heterocycles. The molecule has 0 aliphatic carbocycles. The third-order valence-electron chi connectivity index (χ3n) is 2.57. The van der Waals surface area contributed by atoms with Crippen molar-refractivity contribution in [2.75, 3.05) is 19.8 Å². The molecule has 0 rings (SSSR count). The Morgan fingerprint density at radius 2 is 1.67 bits per heavy atom. The molecule has 0 radical (unpaired) electrons. The van der Waals surface area contributed by atoms with E-state index in [4.69, 9.17) is 0 Å². The van der Waals surface area contributed by atoms with Gasteiger partial charge in [0.1, 0.15) is 0 Å². The van der Waals surface area contributed by atoms with Crippen LogP contribution in [0.3, 0.4) is 0 Å². The van der Waals surface area contributed by atoms with E-state index in [-0.39, 0.29) is 0 Å². The molecule has 0 spiro atoms. The molecule has 0 aromatic heterocycles. The van der Waals surface area contributed by atoms with Crippen LogP contribution in [0.25, 0.3) is 0 Å². The lowest BCUT2D eigenvalue weighted by atomic mass is 10.0. The van der Waals surface area contributed by atoms with Crippen molar-refractivity contribution < 1.29 is 8.42 Å². The van der Waals surface area contributed by atoms with Gasteiger partial charge in [-0.15, -0.1) is 0 Å². The highest BCUT2D eigenvalue weighted by atomic mass is 32.2. The van der Waals surface area contributed by atoms with E-state index in [1.807, 2.05) is 13.8 Å². The Kier molecular flexibility index (Phi) is 4.20. The van der Waals surface area contributed by atoms with Gasteiger partial charge in [-0.1, -0.05) is 13.8 Å². The Morgan fingerprint density at radius 3 is 1.75 bits per heavy atom. The zero-order chi connectivity index (χ0) is 9.83. The van der Waals surface area contributed by atoms with Crippen molar-refractivity contribution in [3.05, 3.63) is 0 Å². The Balaban J connectivity index is 4.83. The fraction of sp³-hybridized carbons (Fsp3) is 1.00. The second-order valence-electron chi connectivity index (χ2n) is 3.19. The summed E-state index contributed by atoms with van der Waals surface area (Å²) in [6.07, 6.45) is 2.66. The van der Waals surface area contributed by atoms with E-state index in [0.29, 0.717) is 19.4 Å². The van der Waals surface area contributed by atoms with Crippen molar-refractivity contribution in [1.82, 2.24) is 5.32 Å². The van der Waals surface area contributed by atoms with Gasteiger partial charge in [-0.2, -0.15) is 0 Å². The van der Waals surface area contributed by atoms with Crippen LogP contribution in [0, 0.1) is 0 Å². The predicted molar refractivity (Wildman–Crippen MR) is 52.1 cm³/mol. The van der Waals surface area contributed by atoms with E-state index in [1.54, 1.807) is 7.05 Å². The van der Waals surface area contributed by atoms with E-state index >= 15 is 0 Å². The van der Waals surface area contributed by atoms with Crippen molar-refractivity contribution in [2.24, 2.45) is 0 Å². The fourth-order valence-corrected chi connectivity index (χ4v) is 2.93. The predicted octanol–water partition coefficient (Wildman–Crippen LogP) is 0.809. The number of nitrogens with one attached hydrogen (secondary N) is 1. The SMILES string of the molecule is CCC(CC)(CNC)S(C)(=O)=O. The quantitative estimate of drug-likeness (QED) is 0.703. The molecule has 0 atom stereocenters. The molecular weight excluding hydrogens is 174 g/mol. The summed E-state index contributed by atoms with van der Waals surface area (Å²) in [5.74, 6) is 0. The summed E-state index contributed by atoms with van der Waals surface area (Å²) in [4.78, 5) is 0. The molecular formula is C8H19NO2S. The van der Waals surface area contributed by atoms with Crippen LogP contribution < -0.4 is 5.32 Å². The molecule has 0 saturated carbocycles. The van der Waals surface area contributed by atoms with Crippen molar-refractivity contribution in [3.8, 4) is 0 Å². The first-order chi connectivity index (χ1) is 5.43. The Morgan fingerprint density at radius 1 is 1.25 bits per heavy atom. The molecule has 0 aromatic rings. The fourth-order valence-electron chi connectivity index (χ4n) is 1.48. The number of sulfone groups is 1. The van der Waals surface area contributed by atoms with Crippen LogP contribution >= 0.6 is 0 Å². The van der Waals surface area contributed by atoms with Gasteiger partial charge in [0.25, 0.3) is 0 Å². The van der Waals surface area contributed by atoms with E-state index < -0.39 is 14.6 Å². The molecule has 0 amide bonds. The smallest absolute Gasteiger partial charge is 0.154 e. The standard InChI is InChI=1S/C8H19NO2S/c1-5-8(6-2,7-9-3)12(4,10)11/h9H,5-7H2,1-4H3. The van der Waals surface area contributed by atoms with Gasteiger partial charge in [0.2, 0.25) is 0 Å². The minimum absolute atomic E-state index is 0.541. The number of hydrogen-bond acceptors (Lipinski definition) is 3. The Labute approximate surface area is 75.5 Å². The summed E-state index contributed by atoms with van der Waals surface area (Å²) < 4.78 is 22.4. The molecule has 3 nitrogen and oxygen atoms in total. The highest BCUT2D eigenvalue weighted by Gasteiger charge is 2.36. The maximum Gasteiger partial charge on any atom is 0.154 e. The van der Waals surface area contributed by atoms with Crippen LogP contribution in [-0.2, 0) is 9.84 Å². The summed E-state index contributed by atoms with van der Waals surface area (Å²) in [5, 5.41) is 2.94. The molecule has 0 unspecified atom stereocenters. The second-order valence-corrected chi connectivity index (χ2v) is 5.60. The molecule has 0 heterocycles. The maximum absolute atomic E-state index is 11.5. The molecule has 0 aromatic carbocycles. The average Bonchev–Trinajstić information content (AvgIpc) is 1.98. The summed E-state index contributed by atoms with van der Waals surface area (Å²) in [5.41, 5.74) is 0. The zero-order valence-corrected chi connectivity index (χ0v) is 9.16. The van der Waals surface area contributed by atoms with Gasteiger partial charge in [0.15, 0.2) is 9.84 Å². The summed E-state index contributed by atoms with van der Waals surface area (Å²) in [7, 11) is -1.17. The van der Waals surface area contributed by atoms with E-state index in [9.17, 15) is 8.42 Å².